The number of hydrogen-bond donors (Lipinski definition) is 2. The van der Waals surface area contributed by atoms with Gasteiger partial charge in [0, 0.05) is 0 Å². The molecule has 0 saturated heterocycles. The minimum Gasteiger partial charge on any atom is -0.733 e. The molecule has 5 atom stereocenters. The smallest absolute Gasteiger partial charge is 0.317 e. The highest BCUT2D eigenvalue weighted by atomic mass is 16.8. The van der Waals surface area contributed by atoms with E-state index in [1.54, 1.807) is 0 Å². The summed E-state index contributed by atoms with van der Waals surface area (Å²) in [6.07, 6.45) is 8.32. The molecule has 3 aliphatic carbocycles. The number of esters is 1. The van der Waals surface area contributed by atoms with Gasteiger partial charge in [-0.25, -0.2) is 0 Å². The number of anilines is 1. The second-order valence-corrected chi connectivity index (χ2v) is 10.5. The molecule has 0 unspecified atom stereocenters. The maximum absolute atomic E-state index is 13.4. The van der Waals surface area contributed by atoms with Gasteiger partial charge in [-0.3, -0.25) is 10.0 Å². The summed E-state index contributed by atoms with van der Waals surface area (Å²) >= 11 is 0. The molecule has 2 N–H and O–H groups in total. The first-order valence-corrected chi connectivity index (χ1v) is 11.6. The van der Waals surface area contributed by atoms with Crippen molar-refractivity contribution in [1.82, 2.24) is 0 Å². The van der Waals surface area contributed by atoms with Gasteiger partial charge in [-0.15, -0.1) is 0 Å². The summed E-state index contributed by atoms with van der Waals surface area (Å²) in [5.41, 5.74) is 1.78. The quantitative estimate of drug-likeness (QED) is 0.370. The Kier molecular flexibility index (Phi) is 5.99. The molecule has 0 aromatic heterocycles. The number of benzene rings is 1. The maximum Gasteiger partial charge on any atom is 0.317 e. The van der Waals surface area contributed by atoms with E-state index >= 15 is 0 Å². The summed E-state index contributed by atoms with van der Waals surface area (Å²) in [5, 5.41) is 30.6. The Balaban J connectivity index is 1.61. The molecule has 6 heteroatoms. The first-order valence-electron chi connectivity index (χ1n) is 11.6. The molecule has 32 heavy (non-hydrogen) atoms. The lowest BCUT2D eigenvalue weighted by atomic mass is 9.46. The van der Waals surface area contributed by atoms with Crippen LogP contribution in [0.25, 0.3) is 0 Å². The van der Waals surface area contributed by atoms with Crippen molar-refractivity contribution in [1.29, 1.82) is 0 Å². The van der Waals surface area contributed by atoms with Crippen LogP contribution in [0.3, 0.4) is 0 Å². The second kappa shape index (κ2) is 8.32. The molecule has 0 heterocycles. The third-order valence-electron chi connectivity index (χ3n) is 8.34. The van der Waals surface area contributed by atoms with Gasteiger partial charge in [0.15, 0.2) is 0 Å². The molecule has 0 aliphatic heterocycles. The van der Waals surface area contributed by atoms with Crippen LogP contribution in [0, 0.1) is 33.8 Å². The fourth-order valence-corrected chi connectivity index (χ4v) is 6.51. The zero-order chi connectivity index (χ0) is 23.3. The van der Waals surface area contributed by atoms with Crippen molar-refractivity contribution in [3.63, 3.8) is 0 Å². The summed E-state index contributed by atoms with van der Waals surface area (Å²) in [5.74, 6) is 0.780. The monoisotopic (exact) mass is 440 g/mol. The minimum absolute atomic E-state index is 0.0795. The summed E-state index contributed by atoms with van der Waals surface area (Å²) in [6, 6.07) is 5.88. The Hall–Kier alpha value is -2.15. The highest BCUT2D eigenvalue weighted by molar-refractivity contribution is 5.79. The molecule has 0 amide bonds. The zero-order valence-electron chi connectivity index (χ0n) is 19.4. The number of allylic oxidation sites excluding steroid dienone is 3. The van der Waals surface area contributed by atoms with Crippen LogP contribution in [-0.4, -0.2) is 22.4 Å². The predicted molar refractivity (Wildman–Crippen MR) is 123 cm³/mol. The molecule has 6 nitrogen and oxygen atoms in total. The number of nitrogens with zero attached hydrogens (tertiary/aromatic N) is 1. The van der Waals surface area contributed by atoms with E-state index in [0.29, 0.717) is 18.1 Å². The van der Waals surface area contributed by atoms with Gasteiger partial charge in [-0.1, -0.05) is 39.3 Å². The number of rotatable bonds is 4. The highest BCUT2D eigenvalue weighted by Gasteiger charge is 2.58. The van der Waals surface area contributed by atoms with Crippen molar-refractivity contribution in [2.24, 2.45) is 28.6 Å². The first kappa shape index (κ1) is 23.0. The Morgan fingerprint density at radius 1 is 1.22 bits per heavy atom. The van der Waals surface area contributed by atoms with Crippen LogP contribution in [0.1, 0.15) is 59.8 Å². The van der Waals surface area contributed by atoms with E-state index in [1.807, 2.05) is 6.92 Å². The van der Waals surface area contributed by atoms with Gasteiger partial charge in [0.25, 0.3) is 0 Å². The molecule has 1 aromatic rings. The van der Waals surface area contributed by atoms with Gasteiger partial charge in [0.05, 0.1) is 17.2 Å². The molecule has 3 aliphatic rings. The number of hydrogen-bond acceptors (Lipinski definition) is 6. The maximum atomic E-state index is 13.4. The number of aliphatic hydroxyl groups is 1. The van der Waals surface area contributed by atoms with Crippen molar-refractivity contribution in [2.45, 2.75) is 65.9 Å². The van der Waals surface area contributed by atoms with E-state index in [2.05, 4.69) is 32.9 Å². The molecule has 0 bridgehead atoms. The van der Waals surface area contributed by atoms with Crippen LogP contribution in [0.4, 0.5) is 5.69 Å². The molecule has 0 spiro atoms. The van der Waals surface area contributed by atoms with Crippen molar-refractivity contribution >= 4 is 11.7 Å². The van der Waals surface area contributed by atoms with Crippen LogP contribution in [-0.2, 0) is 4.79 Å². The topological polar surface area (TPSA) is 93.1 Å². The Bertz CT molecular complexity index is 934. The van der Waals surface area contributed by atoms with Crippen molar-refractivity contribution in [3.8, 4) is 5.75 Å². The first-order chi connectivity index (χ1) is 15.1. The summed E-state index contributed by atoms with van der Waals surface area (Å²) < 4.78 is 5.77. The van der Waals surface area contributed by atoms with Crippen LogP contribution < -0.4 is 9.96 Å². The fourth-order valence-electron chi connectivity index (χ4n) is 6.51. The van der Waals surface area contributed by atoms with Crippen molar-refractivity contribution in [2.75, 3.05) is 5.23 Å². The second-order valence-electron chi connectivity index (χ2n) is 10.5. The van der Waals surface area contributed by atoms with Gasteiger partial charge in [-0.05, 0) is 91.2 Å². The van der Waals surface area contributed by atoms with Crippen LogP contribution in [0.5, 0.6) is 5.75 Å². The largest absolute Gasteiger partial charge is 0.733 e. The molecule has 1 aromatic carbocycles. The average molecular weight is 441 g/mol. The van der Waals surface area contributed by atoms with E-state index < -0.39 is 11.5 Å². The third kappa shape index (κ3) is 3.78. The van der Waals surface area contributed by atoms with E-state index in [9.17, 15) is 15.1 Å². The van der Waals surface area contributed by atoms with E-state index in [4.69, 9.17) is 9.94 Å². The van der Waals surface area contributed by atoms with Crippen LogP contribution >= 0.6 is 0 Å². The van der Waals surface area contributed by atoms with Gasteiger partial charge in [0.2, 0.25) is 0 Å². The molecule has 174 valence electrons. The van der Waals surface area contributed by atoms with Crippen molar-refractivity contribution < 1.29 is 19.8 Å². The normalized spacial score (nSPS) is 34.2. The minimum atomic E-state index is -0.637. The Morgan fingerprint density at radius 3 is 2.53 bits per heavy atom. The number of aliphatic hydroxyl groups excluding tert-OH is 1. The van der Waals surface area contributed by atoms with Gasteiger partial charge in [0.1, 0.15) is 5.75 Å². The van der Waals surface area contributed by atoms with E-state index in [1.165, 1.54) is 29.8 Å². The van der Waals surface area contributed by atoms with Gasteiger partial charge < -0.3 is 20.3 Å². The van der Waals surface area contributed by atoms with Gasteiger partial charge >= 0.3 is 5.97 Å². The summed E-state index contributed by atoms with van der Waals surface area (Å²) in [7, 11) is 0. The van der Waals surface area contributed by atoms with E-state index in [-0.39, 0.29) is 34.1 Å². The Labute approximate surface area is 190 Å². The molecular formula is C26H34NO5-. The number of fused-ring (bicyclic) bond motifs is 3. The summed E-state index contributed by atoms with van der Waals surface area (Å²) in [6.45, 7) is 8.56. The van der Waals surface area contributed by atoms with Gasteiger partial charge in [-0.2, -0.15) is 0 Å². The number of carbonyl (C=O) groups is 1. The number of carbonyl (C=O) groups excluding carboxylic acids is 1. The predicted octanol–water partition coefficient (Wildman–Crippen LogP) is 5.39. The Morgan fingerprint density at radius 2 is 1.91 bits per heavy atom. The van der Waals surface area contributed by atoms with Crippen molar-refractivity contribution in [3.05, 3.63) is 52.8 Å². The third-order valence-corrected chi connectivity index (χ3v) is 8.34. The SMILES string of the molecule is CC(C)C1=CC2=CC[C@@H]3[C@](C)(CCC[C@@]3(C)C(=O)Oc3ccc(N([O-])O)cc3)[C@H]2C[C@@H]1O. The fraction of sp³-hybridized carbons (Fsp3) is 0.577. The standard InChI is InChI=1S/C26H34NO5/c1-16(2)20-14-17-6-11-23-25(3,21(17)15-22(20)28)12-5-13-26(23,4)24(29)32-19-9-7-18(8-10-19)27(30)31/h6-10,14,16,21-23,28,30H,5,11-13,15H2,1-4H3/q-1/t21-,22-,23+,25+,26+/m0/s1. The molecule has 1 fully saturated rings. The number of ether oxygens (including phenoxy) is 1. The van der Waals surface area contributed by atoms with Crippen LogP contribution in [0.2, 0.25) is 0 Å². The highest BCUT2D eigenvalue weighted by Crippen LogP contribution is 2.62. The lowest BCUT2D eigenvalue weighted by Gasteiger charge is -2.57. The summed E-state index contributed by atoms with van der Waals surface area (Å²) in [4.78, 5) is 13.4. The lowest BCUT2D eigenvalue weighted by Crippen LogP contribution is -2.54. The van der Waals surface area contributed by atoms with Crippen LogP contribution in [0.15, 0.2) is 47.6 Å². The zero-order valence-corrected chi connectivity index (χ0v) is 19.4. The molecule has 0 radical (unpaired) electrons. The molecule has 4 rings (SSSR count). The average Bonchev–Trinajstić information content (AvgIpc) is 2.73. The molecule has 1 saturated carbocycles. The lowest BCUT2D eigenvalue weighted by molar-refractivity contribution is -0.159. The van der Waals surface area contributed by atoms with E-state index in [0.717, 1.165) is 31.3 Å². The molecular weight excluding hydrogens is 406 g/mol.